The van der Waals surface area contributed by atoms with Crippen molar-refractivity contribution in [2.24, 2.45) is 11.8 Å². The summed E-state index contributed by atoms with van der Waals surface area (Å²) in [5, 5.41) is 30.1. The van der Waals surface area contributed by atoms with E-state index in [1.165, 1.54) is 11.1 Å². The molecule has 3 N–H and O–H groups in total. The molecule has 4 nitrogen and oxygen atoms in total. The second-order valence-electron chi connectivity index (χ2n) is 9.98. The number of carbonyl (C=O) groups is 1. The molecule has 0 aliphatic rings. The van der Waals surface area contributed by atoms with Crippen LogP contribution < -0.4 is 0 Å². The number of thiol groups is 1. The van der Waals surface area contributed by atoms with Crippen LogP contribution in [-0.2, 0) is 16.6 Å². The highest BCUT2D eigenvalue weighted by Crippen LogP contribution is 2.36. The van der Waals surface area contributed by atoms with E-state index in [-0.39, 0.29) is 0 Å². The predicted octanol–water partition coefficient (Wildman–Crippen LogP) is 5.21. The van der Waals surface area contributed by atoms with Gasteiger partial charge in [-0.15, -0.1) is 12.6 Å². The van der Waals surface area contributed by atoms with Gasteiger partial charge < -0.3 is 20.1 Å². The fraction of sp³-hybridized carbons (Fsp3) is 0.433. The maximum atomic E-state index is 12.3. The van der Waals surface area contributed by atoms with Gasteiger partial charge in [-0.2, -0.15) is 0 Å². The third kappa shape index (κ3) is 7.17. The van der Waals surface area contributed by atoms with Gasteiger partial charge in [0.1, 0.15) is 6.29 Å². The highest BCUT2D eigenvalue weighted by atomic mass is 32.1. The van der Waals surface area contributed by atoms with Crippen molar-refractivity contribution in [3.05, 3.63) is 87.3 Å². The average Bonchev–Trinajstić information content (AvgIpc) is 2.86. The zero-order valence-electron chi connectivity index (χ0n) is 21.7. The maximum absolute atomic E-state index is 12.3. The molecule has 0 aliphatic heterocycles. The minimum atomic E-state index is -1.05. The molecule has 1 unspecified atom stereocenters. The fourth-order valence-corrected chi connectivity index (χ4v) is 4.47. The Kier molecular flexibility index (Phi) is 10.5. The number of carbonyl (C=O) groups excluding carboxylic acids is 1. The lowest BCUT2D eigenvalue weighted by Crippen LogP contribution is -2.45. The van der Waals surface area contributed by atoms with Gasteiger partial charge >= 0.3 is 0 Å². The second-order valence-corrected chi connectivity index (χ2v) is 10.6. The summed E-state index contributed by atoms with van der Waals surface area (Å²) < 4.78 is 0. The Labute approximate surface area is 215 Å². The lowest BCUT2D eigenvalue weighted by Gasteiger charge is -2.38. The molecule has 0 radical (unpaired) electrons. The molecule has 0 bridgehead atoms. The summed E-state index contributed by atoms with van der Waals surface area (Å²) in [5.74, 6) is -1.05. The quantitative estimate of drug-likeness (QED) is 0.196. The van der Waals surface area contributed by atoms with Crippen LogP contribution in [-0.4, -0.2) is 40.4 Å². The van der Waals surface area contributed by atoms with Crippen LogP contribution >= 0.6 is 12.6 Å². The molecule has 35 heavy (non-hydrogen) atoms. The van der Waals surface area contributed by atoms with Gasteiger partial charge in [-0.25, -0.2) is 0 Å². The molecular formula is C30H40O4S. The van der Waals surface area contributed by atoms with Crippen molar-refractivity contribution in [2.75, 3.05) is 6.61 Å². The number of aryl methyl sites for hydroxylation is 2. The molecule has 0 amide bonds. The van der Waals surface area contributed by atoms with Crippen molar-refractivity contribution < 1.29 is 20.1 Å². The summed E-state index contributed by atoms with van der Waals surface area (Å²) in [6.07, 6.45) is 3.55. The summed E-state index contributed by atoms with van der Waals surface area (Å²) in [4.78, 5) is 13.2. The smallest absolute Gasteiger partial charge is 0.130 e. The lowest BCUT2D eigenvalue weighted by atomic mass is 9.68. The van der Waals surface area contributed by atoms with Crippen LogP contribution in [0.25, 0.3) is 5.57 Å². The molecule has 0 heterocycles. The van der Waals surface area contributed by atoms with Gasteiger partial charge in [0.15, 0.2) is 0 Å². The van der Waals surface area contributed by atoms with E-state index in [4.69, 9.17) is 12.6 Å². The van der Waals surface area contributed by atoms with Crippen molar-refractivity contribution >= 4 is 24.5 Å². The largest absolute Gasteiger partial charge is 0.394 e. The minimum Gasteiger partial charge on any atom is -0.394 e. The second kappa shape index (κ2) is 12.7. The van der Waals surface area contributed by atoms with Crippen molar-refractivity contribution in [1.29, 1.82) is 0 Å². The van der Waals surface area contributed by atoms with Crippen molar-refractivity contribution in [1.82, 2.24) is 0 Å². The Morgan fingerprint density at radius 2 is 1.69 bits per heavy atom. The van der Waals surface area contributed by atoms with E-state index >= 15 is 0 Å². The van der Waals surface area contributed by atoms with Crippen molar-refractivity contribution in [3.63, 3.8) is 0 Å². The number of allylic oxidation sites excluding steroid dienone is 4. The molecule has 2 aromatic rings. The topological polar surface area (TPSA) is 77.8 Å². The molecular weight excluding hydrogens is 456 g/mol. The first-order valence-corrected chi connectivity index (χ1v) is 12.6. The van der Waals surface area contributed by atoms with Crippen LogP contribution in [0.15, 0.2) is 59.5 Å². The third-order valence-electron chi connectivity index (χ3n) is 7.41. The molecule has 190 valence electrons. The first kappa shape index (κ1) is 29.1. The van der Waals surface area contributed by atoms with Gasteiger partial charge in [-0.1, -0.05) is 74.0 Å². The van der Waals surface area contributed by atoms with Gasteiger partial charge in [0, 0.05) is 12.3 Å². The summed E-state index contributed by atoms with van der Waals surface area (Å²) >= 11 is 4.71. The van der Waals surface area contributed by atoms with Crippen molar-refractivity contribution in [2.45, 2.75) is 65.6 Å². The Morgan fingerprint density at radius 3 is 2.26 bits per heavy atom. The molecule has 0 aliphatic carbocycles. The number of aldehydes is 1. The Balaban J connectivity index is 2.30. The van der Waals surface area contributed by atoms with Crippen LogP contribution in [0.5, 0.6) is 0 Å². The van der Waals surface area contributed by atoms with E-state index in [1.807, 2.05) is 45.0 Å². The van der Waals surface area contributed by atoms with Crippen LogP contribution in [0, 0.1) is 25.7 Å². The molecule has 5 atom stereocenters. The minimum absolute atomic E-state index is 0.438. The van der Waals surface area contributed by atoms with E-state index in [0.717, 1.165) is 33.5 Å². The highest BCUT2D eigenvalue weighted by Gasteiger charge is 2.40. The molecule has 0 spiro atoms. The number of hydrogen-bond acceptors (Lipinski definition) is 5. The van der Waals surface area contributed by atoms with Crippen LogP contribution in [0.3, 0.4) is 0 Å². The van der Waals surface area contributed by atoms with Crippen molar-refractivity contribution in [3.8, 4) is 0 Å². The average molecular weight is 497 g/mol. The third-order valence-corrected chi connectivity index (χ3v) is 7.72. The number of hydrogen-bond donors (Lipinski definition) is 4. The predicted molar refractivity (Wildman–Crippen MR) is 148 cm³/mol. The Hall–Kier alpha value is -2.18. The van der Waals surface area contributed by atoms with Gasteiger partial charge in [0.25, 0.3) is 0 Å². The molecule has 5 heteroatoms. The zero-order valence-corrected chi connectivity index (χ0v) is 22.6. The van der Waals surface area contributed by atoms with E-state index in [2.05, 4.69) is 44.2 Å². The Morgan fingerprint density at radius 1 is 1.06 bits per heavy atom. The van der Waals surface area contributed by atoms with E-state index < -0.39 is 36.1 Å². The summed E-state index contributed by atoms with van der Waals surface area (Å²) in [7, 11) is 0. The normalized spacial score (nSPS) is 17.9. The molecule has 2 rings (SSSR count). The van der Waals surface area contributed by atoms with Crippen LogP contribution in [0.2, 0.25) is 0 Å². The van der Waals surface area contributed by atoms with E-state index in [1.54, 1.807) is 6.92 Å². The van der Waals surface area contributed by atoms with E-state index in [9.17, 15) is 20.1 Å². The summed E-state index contributed by atoms with van der Waals surface area (Å²) in [6, 6.07) is 14.3. The highest BCUT2D eigenvalue weighted by molar-refractivity contribution is 7.84. The van der Waals surface area contributed by atoms with E-state index in [0.29, 0.717) is 6.42 Å². The number of aliphatic hydroxyl groups excluding tert-OH is 3. The number of aliphatic hydroxyl groups is 3. The fourth-order valence-electron chi connectivity index (χ4n) is 4.23. The molecule has 2 aromatic carbocycles. The first-order chi connectivity index (χ1) is 16.4. The monoisotopic (exact) mass is 496 g/mol. The maximum Gasteiger partial charge on any atom is 0.130 e. The van der Waals surface area contributed by atoms with Gasteiger partial charge in [-0.05, 0) is 66.3 Å². The first-order valence-electron chi connectivity index (χ1n) is 12.1. The number of benzene rings is 2. The van der Waals surface area contributed by atoms with Gasteiger partial charge in [0.05, 0.1) is 24.2 Å². The molecule has 0 saturated heterocycles. The SMILES string of the molecule is C/C(=C\C=C(/S)Cc1cc(C(C)(C=O)[C@H](C)[C@@H](O)[C@H](C)[C@H](O)CO)ccc1C)c1ccc(C)cc1. The zero-order chi connectivity index (χ0) is 26.3. The van der Waals surface area contributed by atoms with Crippen LogP contribution in [0.1, 0.15) is 55.5 Å². The molecule has 0 aromatic heterocycles. The summed E-state index contributed by atoms with van der Waals surface area (Å²) in [6.45, 7) is 11.0. The molecule has 0 fully saturated rings. The van der Waals surface area contributed by atoms with Crippen LogP contribution in [0.4, 0.5) is 0 Å². The van der Waals surface area contributed by atoms with Gasteiger partial charge in [0.2, 0.25) is 0 Å². The van der Waals surface area contributed by atoms with Gasteiger partial charge in [-0.3, -0.25) is 0 Å². The standard InChI is InChI=1S/C30H40O4S/c1-19-7-11-24(12-8-19)20(2)10-14-27(35)16-25-15-26(13-9-21(25)3)30(6,18-32)23(5)29(34)22(4)28(33)17-31/h7-15,18,22-23,28-29,31,33-35H,16-17H2,1-6H3/b20-10+,27-14-/t22-,23-,28-,29+,30?/m1/s1. The molecule has 0 saturated carbocycles. The summed E-state index contributed by atoms with van der Waals surface area (Å²) in [5.41, 5.74) is 5.54. The number of rotatable bonds is 11. The lowest BCUT2D eigenvalue weighted by molar-refractivity contribution is -0.117. The Bertz CT molecular complexity index is 1060.